The van der Waals surface area contributed by atoms with E-state index in [0.29, 0.717) is 25.7 Å². The van der Waals surface area contributed by atoms with Gasteiger partial charge in [0.2, 0.25) is 0 Å². The lowest BCUT2D eigenvalue weighted by Crippen LogP contribution is -2.46. The SMILES string of the molecule is NC1(CC(O)CF)CCC(=O)CC1. The predicted octanol–water partition coefficient (Wildman–Crippen LogP) is 0.547. The van der Waals surface area contributed by atoms with Crippen molar-refractivity contribution < 1.29 is 14.3 Å². The lowest BCUT2D eigenvalue weighted by molar-refractivity contribution is -0.121. The Labute approximate surface area is 77.1 Å². The molecule has 0 aromatic rings. The molecule has 1 unspecified atom stereocenters. The van der Waals surface area contributed by atoms with Crippen LogP contribution in [0.3, 0.4) is 0 Å². The van der Waals surface area contributed by atoms with Crippen molar-refractivity contribution in [2.24, 2.45) is 5.73 Å². The second-order valence-corrected chi connectivity index (χ2v) is 3.91. The minimum atomic E-state index is -0.974. The van der Waals surface area contributed by atoms with Gasteiger partial charge in [0.05, 0.1) is 6.10 Å². The smallest absolute Gasteiger partial charge is 0.133 e. The Bertz CT molecular complexity index is 186. The van der Waals surface area contributed by atoms with Crippen molar-refractivity contribution in [2.75, 3.05) is 6.67 Å². The maximum Gasteiger partial charge on any atom is 0.133 e. The molecule has 1 saturated carbocycles. The maximum absolute atomic E-state index is 12.0. The number of alkyl halides is 1. The first kappa shape index (κ1) is 10.6. The first-order valence-corrected chi connectivity index (χ1v) is 4.60. The lowest BCUT2D eigenvalue weighted by Gasteiger charge is -2.33. The van der Waals surface area contributed by atoms with E-state index in [9.17, 15) is 9.18 Å². The van der Waals surface area contributed by atoms with Crippen LogP contribution in [0.15, 0.2) is 0 Å². The summed E-state index contributed by atoms with van der Waals surface area (Å²) >= 11 is 0. The molecule has 76 valence electrons. The maximum atomic E-state index is 12.0. The Morgan fingerprint density at radius 3 is 2.54 bits per heavy atom. The average molecular weight is 189 g/mol. The molecule has 3 N–H and O–H groups in total. The number of Topliss-reactive ketones (excluding diaryl/α,β-unsaturated/α-hetero) is 1. The standard InChI is InChI=1S/C9H16FNO2/c10-6-8(13)5-9(11)3-1-7(12)2-4-9/h8,13H,1-6,11H2. The molecule has 0 aromatic heterocycles. The Hall–Kier alpha value is -0.480. The van der Waals surface area contributed by atoms with Gasteiger partial charge in [-0.3, -0.25) is 4.79 Å². The van der Waals surface area contributed by atoms with Gasteiger partial charge in [-0.15, -0.1) is 0 Å². The number of halogens is 1. The van der Waals surface area contributed by atoms with Crippen LogP contribution >= 0.6 is 0 Å². The third kappa shape index (κ3) is 3.04. The average Bonchev–Trinajstić information content (AvgIpc) is 2.10. The van der Waals surface area contributed by atoms with E-state index in [-0.39, 0.29) is 12.2 Å². The summed E-state index contributed by atoms with van der Waals surface area (Å²) in [7, 11) is 0. The summed E-state index contributed by atoms with van der Waals surface area (Å²) in [5.74, 6) is 0.218. The van der Waals surface area contributed by atoms with E-state index >= 15 is 0 Å². The first-order valence-electron chi connectivity index (χ1n) is 4.60. The molecule has 0 radical (unpaired) electrons. The van der Waals surface area contributed by atoms with Gasteiger partial charge in [0.1, 0.15) is 12.5 Å². The number of carbonyl (C=O) groups is 1. The van der Waals surface area contributed by atoms with Gasteiger partial charge in [0, 0.05) is 18.4 Å². The molecular formula is C9H16FNO2. The number of carbonyl (C=O) groups excluding carboxylic acids is 1. The molecule has 0 saturated heterocycles. The van der Waals surface area contributed by atoms with Crippen LogP contribution in [-0.4, -0.2) is 29.2 Å². The number of hydrogen-bond donors (Lipinski definition) is 2. The van der Waals surface area contributed by atoms with Gasteiger partial charge >= 0.3 is 0 Å². The Morgan fingerprint density at radius 2 is 2.08 bits per heavy atom. The summed E-state index contributed by atoms with van der Waals surface area (Å²) in [6.07, 6.45) is 1.37. The van der Waals surface area contributed by atoms with Crippen LogP contribution in [0.4, 0.5) is 4.39 Å². The van der Waals surface area contributed by atoms with Gasteiger partial charge in [0.15, 0.2) is 0 Å². The lowest BCUT2D eigenvalue weighted by atomic mass is 9.78. The normalized spacial score (nSPS) is 24.4. The van der Waals surface area contributed by atoms with E-state index in [0.717, 1.165) is 0 Å². The molecule has 0 amide bonds. The topological polar surface area (TPSA) is 63.3 Å². The zero-order chi connectivity index (χ0) is 9.90. The van der Waals surface area contributed by atoms with Crippen LogP contribution in [0.1, 0.15) is 32.1 Å². The zero-order valence-electron chi connectivity index (χ0n) is 7.63. The zero-order valence-corrected chi connectivity index (χ0v) is 7.63. The van der Waals surface area contributed by atoms with Crippen molar-refractivity contribution in [3.63, 3.8) is 0 Å². The highest BCUT2D eigenvalue weighted by Gasteiger charge is 2.32. The second-order valence-electron chi connectivity index (χ2n) is 3.91. The largest absolute Gasteiger partial charge is 0.390 e. The number of hydrogen-bond acceptors (Lipinski definition) is 3. The highest BCUT2D eigenvalue weighted by atomic mass is 19.1. The minimum absolute atomic E-state index is 0.218. The molecule has 1 rings (SSSR count). The fourth-order valence-corrected chi connectivity index (χ4v) is 1.75. The molecule has 4 heteroatoms. The van der Waals surface area contributed by atoms with Crippen molar-refractivity contribution >= 4 is 5.78 Å². The monoisotopic (exact) mass is 189 g/mol. The summed E-state index contributed by atoms with van der Waals surface area (Å²) in [5.41, 5.74) is 5.39. The Kier molecular flexibility index (Phi) is 3.39. The van der Waals surface area contributed by atoms with Gasteiger partial charge in [0.25, 0.3) is 0 Å². The summed E-state index contributed by atoms with van der Waals surface area (Å²) in [6, 6.07) is 0. The van der Waals surface area contributed by atoms with Crippen LogP contribution in [0.5, 0.6) is 0 Å². The van der Waals surface area contributed by atoms with Crippen LogP contribution < -0.4 is 5.73 Å². The molecule has 13 heavy (non-hydrogen) atoms. The number of aliphatic hydroxyl groups excluding tert-OH is 1. The van der Waals surface area contributed by atoms with E-state index in [2.05, 4.69) is 0 Å². The van der Waals surface area contributed by atoms with E-state index in [1.54, 1.807) is 0 Å². The second kappa shape index (κ2) is 4.15. The molecule has 0 bridgehead atoms. The quantitative estimate of drug-likeness (QED) is 0.681. The molecule has 0 aliphatic heterocycles. The molecule has 1 atom stereocenters. The number of ketones is 1. The molecule has 0 spiro atoms. The third-order valence-electron chi connectivity index (χ3n) is 2.62. The summed E-state index contributed by atoms with van der Waals surface area (Å²) in [4.78, 5) is 10.9. The van der Waals surface area contributed by atoms with Crippen molar-refractivity contribution in [2.45, 2.75) is 43.7 Å². The van der Waals surface area contributed by atoms with Crippen molar-refractivity contribution in [1.29, 1.82) is 0 Å². The molecule has 3 nitrogen and oxygen atoms in total. The minimum Gasteiger partial charge on any atom is -0.390 e. The van der Waals surface area contributed by atoms with Crippen LogP contribution in [0.2, 0.25) is 0 Å². The molecule has 1 aliphatic carbocycles. The van der Waals surface area contributed by atoms with Gasteiger partial charge < -0.3 is 10.8 Å². The highest BCUT2D eigenvalue weighted by molar-refractivity contribution is 5.79. The van der Waals surface area contributed by atoms with Crippen molar-refractivity contribution in [3.8, 4) is 0 Å². The van der Waals surface area contributed by atoms with Crippen LogP contribution in [0, 0.1) is 0 Å². The fraction of sp³-hybridized carbons (Fsp3) is 0.889. The number of rotatable bonds is 3. The summed E-state index contributed by atoms with van der Waals surface area (Å²) in [6.45, 7) is -0.757. The van der Waals surface area contributed by atoms with Crippen LogP contribution in [-0.2, 0) is 4.79 Å². The number of aliphatic hydroxyl groups is 1. The Balaban J connectivity index is 2.42. The Morgan fingerprint density at radius 1 is 1.54 bits per heavy atom. The van der Waals surface area contributed by atoms with Gasteiger partial charge in [-0.1, -0.05) is 0 Å². The molecular weight excluding hydrogens is 173 g/mol. The summed E-state index contributed by atoms with van der Waals surface area (Å²) in [5, 5.41) is 9.10. The first-order chi connectivity index (χ1) is 6.06. The number of nitrogens with two attached hydrogens (primary N) is 1. The van der Waals surface area contributed by atoms with Gasteiger partial charge in [-0.25, -0.2) is 4.39 Å². The van der Waals surface area contributed by atoms with E-state index in [1.165, 1.54) is 0 Å². The molecule has 0 aromatic carbocycles. The molecule has 0 heterocycles. The van der Waals surface area contributed by atoms with Gasteiger partial charge in [-0.05, 0) is 19.3 Å². The van der Waals surface area contributed by atoms with Crippen molar-refractivity contribution in [1.82, 2.24) is 0 Å². The van der Waals surface area contributed by atoms with E-state index in [1.807, 2.05) is 0 Å². The third-order valence-corrected chi connectivity index (χ3v) is 2.62. The van der Waals surface area contributed by atoms with Gasteiger partial charge in [-0.2, -0.15) is 0 Å². The molecule has 1 aliphatic rings. The van der Waals surface area contributed by atoms with E-state index in [4.69, 9.17) is 10.8 Å². The molecule has 1 fully saturated rings. The summed E-state index contributed by atoms with van der Waals surface area (Å²) < 4.78 is 12.0. The predicted molar refractivity (Wildman–Crippen MR) is 47.0 cm³/mol. The van der Waals surface area contributed by atoms with E-state index < -0.39 is 18.3 Å². The van der Waals surface area contributed by atoms with Crippen molar-refractivity contribution in [3.05, 3.63) is 0 Å². The fourth-order valence-electron chi connectivity index (χ4n) is 1.75. The van der Waals surface area contributed by atoms with Crippen LogP contribution in [0.25, 0.3) is 0 Å². The highest BCUT2D eigenvalue weighted by Crippen LogP contribution is 2.28.